The van der Waals surface area contributed by atoms with Gasteiger partial charge in [0, 0.05) is 36.8 Å². The number of hydrogen-bond acceptors (Lipinski definition) is 5. The number of nitrogen functional groups attached to an aromatic ring is 1. The molecule has 3 rings (SSSR count). The molecule has 0 amide bonds. The molecule has 0 radical (unpaired) electrons. The van der Waals surface area contributed by atoms with Gasteiger partial charge in [-0.3, -0.25) is 4.90 Å². The van der Waals surface area contributed by atoms with Gasteiger partial charge in [0.2, 0.25) is 0 Å². The van der Waals surface area contributed by atoms with Crippen LogP contribution in [0.25, 0.3) is 0 Å². The van der Waals surface area contributed by atoms with Gasteiger partial charge in [0.25, 0.3) is 0 Å². The third kappa shape index (κ3) is 2.48. The molecule has 0 aromatic heterocycles. The molecule has 19 heavy (non-hydrogen) atoms. The smallest absolute Gasteiger partial charge is 0.162 e. The predicted molar refractivity (Wildman–Crippen MR) is 72.6 cm³/mol. The highest BCUT2D eigenvalue weighted by molar-refractivity contribution is 5.51. The molecule has 0 unspecified atom stereocenters. The maximum Gasteiger partial charge on any atom is 0.162 e. The van der Waals surface area contributed by atoms with E-state index in [1.54, 1.807) is 13.2 Å². The van der Waals surface area contributed by atoms with Gasteiger partial charge in [-0.15, -0.1) is 0 Å². The molecule has 2 fully saturated rings. The summed E-state index contributed by atoms with van der Waals surface area (Å²) in [6.45, 7) is 5.73. The first kappa shape index (κ1) is 12.6. The zero-order chi connectivity index (χ0) is 13.3. The van der Waals surface area contributed by atoms with Crippen molar-refractivity contribution in [2.75, 3.05) is 52.3 Å². The Bertz CT molecular complexity index is 452. The fraction of sp³-hybridized carbons (Fsp3) is 0.571. The van der Waals surface area contributed by atoms with Gasteiger partial charge >= 0.3 is 0 Å². The van der Waals surface area contributed by atoms with Crippen molar-refractivity contribution in [3.8, 4) is 11.5 Å². The van der Waals surface area contributed by atoms with Crippen LogP contribution in [0, 0.1) is 5.41 Å². The first-order valence-corrected chi connectivity index (χ1v) is 6.57. The lowest BCUT2D eigenvalue weighted by atomic mass is 9.78. The molecule has 104 valence electrons. The second-order valence-corrected chi connectivity index (χ2v) is 5.46. The van der Waals surface area contributed by atoms with Gasteiger partial charge in [-0.05, 0) is 12.1 Å². The van der Waals surface area contributed by atoms with Crippen molar-refractivity contribution < 1.29 is 14.2 Å². The van der Waals surface area contributed by atoms with Crippen molar-refractivity contribution in [1.82, 2.24) is 4.90 Å². The fourth-order valence-electron chi connectivity index (χ4n) is 2.72. The van der Waals surface area contributed by atoms with E-state index in [4.69, 9.17) is 19.9 Å². The van der Waals surface area contributed by atoms with Crippen LogP contribution < -0.4 is 15.2 Å². The number of nitrogens with two attached hydrogens (primary N) is 1. The molecule has 2 aliphatic heterocycles. The first-order chi connectivity index (χ1) is 9.21. The first-order valence-electron chi connectivity index (χ1n) is 6.57. The van der Waals surface area contributed by atoms with E-state index in [-0.39, 0.29) is 0 Å². The van der Waals surface area contributed by atoms with Gasteiger partial charge in [-0.2, -0.15) is 0 Å². The third-order valence-electron chi connectivity index (χ3n) is 3.79. The second-order valence-electron chi connectivity index (χ2n) is 5.46. The monoisotopic (exact) mass is 264 g/mol. The molecule has 0 bridgehead atoms. The van der Waals surface area contributed by atoms with Crippen LogP contribution in [0.15, 0.2) is 18.2 Å². The Morgan fingerprint density at radius 2 is 2.11 bits per heavy atom. The van der Waals surface area contributed by atoms with E-state index in [0.29, 0.717) is 23.5 Å². The predicted octanol–water partition coefficient (Wildman–Crippen LogP) is 0.988. The van der Waals surface area contributed by atoms with E-state index in [2.05, 4.69) is 4.90 Å². The van der Waals surface area contributed by atoms with Gasteiger partial charge in [-0.25, -0.2) is 0 Å². The standard InChI is InChI=1S/C14H20N2O3/c1-17-13-6-11(15)2-3-12(13)19-5-4-16-7-14(8-16)9-18-10-14/h2-3,6H,4-5,7-10,15H2,1H3. The van der Waals surface area contributed by atoms with E-state index in [9.17, 15) is 0 Å². The Hall–Kier alpha value is -1.46. The number of likely N-dealkylation sites (tertiary alicyclic amines) is 1. The van der Waals surface area contributed by atoms with Crippen molar-refractivity contribution in [3.63, 3.8) is 0 Å². The highest BCUT2D eigenvalue weighted by Gasteiger charge is 2.48. The zero-order valence-corrected chi connectivity index (χ0v) is 11.2. The molecule has 0 atom stereocenters. The Kier molecular flexibility index (Phi) is 3.24. The lowest BCUT2D eigenvalue weighted by Crippen LogP contribution is -2.66. The van der Waals surface area contributed by atoms with Crippen molar-refractivity contribution in [2.24, 2.45) is 5.41 Å². The number of nitrogens with zero attached hydrogens (tertiary/aromatic N) is 1. The fourth-order valence-corrected chi connectivity index (χ4v) is 2.72. The summed E-state index contributed by atoms with van der Waals surface area (Å²) in [5.41, 5.74) is 6.86. The number of benzene rings is 1. The van der Waals surface area contributed by atoms with Crippen LogP contribution in [0.5, 0.6) is 11.5 Å². The van der Waals surface area contributed by atoms with Crippen LogP contribution in [0.4, 0.5) is 5.69 Å². The van der Waals surface area contributed by atoms with Gasteiger partial charge in [0.1, 0.15) is 6.61 Å². The van der Waals surface area contributed by atoms with Crippen LogP contribution in [-0.4, -0.2) is 51.5 Å². The summed E-state index contributed by atoms with van der Waals surface area (Å²) in [5, 5.41) is 0. The zero-order valence-electron chi connectivity index (χ0n) is 11.2. The molecule has 0 saturated carbocycles. The number of ether oxygens (including phenoxy) is 3. The molecular formula is C14H20N2O3. The van der Waals surface area contributed by atoms with Gasteiger partial charge in [-0.1, -0.05) is 0 Å². The minimum Gasteiger partial charge on any atom is -0.493 e. The highest BCUT2D eigenvalue weighted by atomic mass is 16.5. The molecule has 0 aliphatic carbocycles. The third-order valence-corrected chi connectivity index (χ3v) is 3.79. The molecule has 2 saturated heterocycles. The van der Waals surface area contributed by atoms with E-state index in [0.717, 1.165) is 38.6 Å². The van der Waals surface area contributed by atoms with Crippen molar-refractivity contribution in [2.45, 2.75) is 0 Å². The Balaban J connectivity index is 1.45. The van der Waals surface area contributed by atoms with Crippen molar-refractivity contribution in [1.29, 1.82) is 0 Å². The molecule has 1 aromatic rings. The molecule has 1 spiro atoms. The van der Waals surface area contributed by atoms with Crippen LogP contribution in [0.2, 0.25) is 0 Å². The highest BCUT2D eigenvalue weighted by Crippen LogP contribution is 2.37. The van der Waals surface area contributed by atoms with Gasteiger partial charge < -0.3 is 19.9 Å². The Labute approximate surface area is 113 Å². The number of anilines is 1. The van der Waals surface area contributed by atoms with E-state index in [1.165, 1.54) is 0 Å². The maximum atomic E-state index is 5.76. The molecule has 5 nitrogen and oxygen atoms in total. The van der Waals surface area contributed by atoms with Gasteiger partial charge in [0.15, 0.2) is 11.5 Å². The number of methoxy groups -OCH3 is 1. The van der Waals surface area contributed by atoms with E-state index >= 15 is 0 Å². The lowest BCUT2D eigenvalue weighted by Gasteiger charge is -2.55. The molecule has 2 N–H and O–H groups in total. The summed E-state index contributed by atoms with van der Waals surface area (Å²) in [5.74, 6) is 1.44. The van der Waals surface area contributed by atoms with E-state index in [1.807, 2.05) is 12.1 Å². The minimum atomic E-state index is 0.471. The van der Waals surface area contributed by atoms with Crippen LogP contribution in [-0.2, 0) is 4.74 Å². The van der Waals surface area contributed by atoms with Crippen LogP contribution in [0.3, 0.4) is 0 Å². The van der Waals surface area contributed by atoms with Crippen LogP contribution >= 0.6 is 0 Å². The summed E-state index contributed by atoms with van der Waals surface area (Å²) < 4.78 is 16.3. The average Bonchev–Trinajstić information content (AvgIpc) is 2.31. The largest absolute Gasteiger partial charge is 0.493 e. The van der Waals surface area contributed by atoms with Crippen molar-refractivity contribution >= 4 is 5.69 Å². The average molecular weight is 264 g/mol. The molecule has 2 heterocycles. The van der Waals surface area contributed by atoms with Crippen molar-refractivity contribution in [3.05, 3.63) is 18.2 Å². The summed E-state index contributed by atoms with van der Waals surface area (Å²) in [7, 11) is 1.62. The number of rotatable bonds is 5. The maximum absolute atomic E-state index is 5.76. The van der Waals surface area contributed by atoms with Crippen LogP contribution in [0.1, 0.15) is 0 Å². The van der Waals surface area contributed by atoms with E-state index < -0.39 is 0 Å². The summed E-state index contributed by atoms with van der Waals surface area (Å²) in [6, 6.07) is 5.45. The summed E-state index contributed by atoms with van der Waals surface area (Å²) in [6.07, 6.45) is 0. The normalized spacial score (nSPS) is 20.7. The minimum absolute atomic E-state index is 0.471. The quantitative estimate of drug-likeness (QED) is 0.804. The lowest BCUT2D eigenvalue weighted by molar-refractivity contribution is -0.189. The molecule has 5 heteroatoms. The topological polar surface area (TPSA) is 57.0 Å². The Morgan fingerprint density at radius 3 is 2.74 bits per heavy atom. The SMILES string of the molecule is COc1cc(N)ccc1OCCN1CC2(COC2)C1. The van der Waals surface area contributed by atoms with Gasteiger partial charge in [0.05, 0.1) is 20.3 Å². The Morgan fingerprint density at radius 1 is 1.32 bits per heavy atom. The molecule has 2 aliphatic rings. The summed E-state index contributed by atoms with van der Waals surface area (Å²) in [4.78, 5) is 2.40. The number of hydrogen-bond donors (Lipinski definition) is 1. The summed E-state index contributed by atoms with van der Waals surface area (Å²) >= 11 is 0. The molecule has 1 aromatic carbocycles. The second kappa shape index (κ2) is 4.90. The molecular weight excluding hydrogens is 244 g/mol.